The monoisotopic (exact) mass is 269 g/mol. The number of halogens is 1. The van der Waals surface area contributed by atoms with E-state index in [4.69, 9.17) is 15.3 Å². The smallest absolute Gasteiger partial charge is 0.141 e. The lowest BCUT2D eigenvalue weighted by molar-refractivity contribution is -0.128. The van der Waals surface area contributed by atoms with Gasteiger partial charge in [0, 0.05) is 38.9 Å². The van der Waals surface area contributed by atoms with Crippen molar-refractivity contribution in [1.29, 1.82) is 0 Å². The van der Waals surface area contributed by atoms with Crippen molar-refractivity contribution in [3.63, 3.8) is 0 Å². The van der Waals surface area contributed by atoms with Crippen molar-refractivity contribution in [2.75, 3.05) is 19.8 Å². The summed E-state index contributed by atoms with van der Waals surface area (Å²) in [5.74, 6) is 5.30. The van der Waals surface area contributed by atoms with Gasteiger partial charge in [-0.3, -0.25) is 16.3 Å². The average Bonchev–Trinajstić information content (AvgIpc) is 2.41. The lowest BCUT2D eigenvalue weighted by atomic mass is 9.83. The Morgan fingerprint density at radius 1 is 1.53 bits per heavy atom. The molecule has 3 N–H and O–H groups in total. The molecule has 0 saturated carbocycles. The van der Waals surface area contributed by atoms with Gasteiger partial charge in [0.1, 0.15) is 5.82 Å². The molecule has 1 aromatic rings. The topological polar surface area (TPSA) is 69.4 Å². The van der Waals surface area contributed by atoms with E-state index in [1.807, 2.05) is 6.92 Å². The molecule has 0 aliphatic carbocycles. The van der Waals surface area contributed by atoms with E-state index in [9.17, 15) is 4.39 Å². The molecule has 1 aliphatic heterocycles. The van der Waals surface area contributed by atoms with Crippen LogP contribution < -0.4 is 11.3 Å². The van der Waals surface area contributed by atoms with E-state index in [0.717, 1.165) is 0 Å². The quantitative estimate of drug-likeness (QED) is 0.623. The Morgan fingerprint density at radius 3 is 2.84 bits per heavy atom. The highest BCUT2D eigenvalue weighted by atomic mass is 19.1. The number of nitrogens with two attached hydrogens (primary N) is 1. The molecule has 1 atom stereocenters. The molecule has 106 valence electrons. The molecular weight excluding hydrogens is 249 g/mol. The van der Waals surface area contributed by atoms with Crippen molar-refractivity contribution >= 4 is 0 Å². The van der Waals surface area contributed by atoms with E-state index in [0.29, 0.717) is 38.2 Å². The number of nitrogens with one attached hydrogen (secondary N) is 1. The zero-order chi connectivity index (χ0) is 13.7. The highest BCUT2D eigenvalue weighted by molar-refractivity contribution is 5.20. The summed E-state index contributed by atoms with van der Waals surface area (Å²) >= 11 is 0. The van der Waals surface area contributed by atoms with Crippen LogP contribution in [0.4, 0.5) is 4.39 Å². The first-order valence-corrected chi connectivity index (χ1v) is 6.50. The normalized spacial score (nSPS) is 20.2. The van der Waals surface area contributed by atoms with Gasteiger partial charge in [0.15, 0.2) is 0 Å². The zero-order valence-corrected chi connectivity index (χ0v) is 11.1. The maximum atomic E-state index is 13.3. The van der Waals surface area contributed by atoms with Crippen LogP contribution in [-0.4, -0.2) is 30.4 Å². The van der Waals surface area contributed by atoms with Crippen molar-refractivity contribution < 1.29 is 13.9 Å². The third-order valence-electron chi connectivity index (χ3n) is 3.52. The summed E-state index contributed by atoms with van der Waals surface area (Å²) in [5.41, 5.74) is 2.97. The van der Waals surface area contributed by atoms with E-state index in [1.165, 1.54) is 12.3 Å². The summed E-state index contributed by atoms with van der Waals surface area (Å²) in [6.45, 7) is 3.73. The first-order chi connectivity index (χ1) is 9.22. The number of hydrogen-bond donors (Lipinski definition) is 2. The number of ether oxygens (including phenoxy) is 2. The van der Waals surface area contributed by atoms with Gasteiger partial charge in [-0.15, -0.1) is 0 Å². The molecule has 0 bridgehead atoms. The molecule has 0 amide bonds. The Hall–Kier alpha value is -1.08. The molecule has 1 aliphatic rings. The second kappa shape index (κ2) is 6.38. The molecule has 2 heterocycles. The fourth-order valence-corrected chi connectivity index (χ4v) is 2.66. The highest BCUT2D eigenvalue weighted by Gasteiger charge is 2.42. The maximum Gasteiger partial charge on any atom is 0.141 e. The van der Waals surface area contributed by atoms with Crippen LogP contribution in [0.15, 0.2) is 18.5 Å². The van der Waals surface area contributed by atoms with Crippen molar-refractivity contribution in [3.05, 3.63) is 29.8 Å². The van der Waals surface area contributed by atoms with Gasteiger partial charge < -0.3 is 9.47 Å². The minimum absolute atomic E-state index is 0.306. The molecule has 1 saturated heterocycles. The van der Waals surface area contributed by atoms with E-state index in [-0.39, 0.29) is 11.9 Å². The Bertz CT molecular complexity index is 405. The van der Waals surface area contributed by atoms with Crippen molar-refractivity contribution in [2.45, 2.75) is 31.4 Å². The molecule has 5 nitrogen and oxygen atoms in total. The van der Waals surface area contributed by atoms with E-state index >= 15 is 0 Å². The molecular formula is C13H20FN3O2. The molecule has 6 heteroatoms. The van der Waals surface area contributed by atoms with Crippen molar-refractivity contribution in [1.82, 2.24) is 10.4 Å². The Labute approximate surface area is 112 Å². The summed E-state index contributed by atoms with van der Waals surface area (Å²) < 4.78 is 24.7. The second-order valence-electron chi connectivity index (χ2n) is 4.65. The van der Waals surface area contributed by atoms with Crippen LogP contribution in [0.2, 0.25) is 0 Å². The number of aromatic nitrogens is 1. The van der Waals surface area contributed by atoms with Gasteiger partial charge in [-0.25, -0.2) is 4.39 Å². The predicted molar refractivity (Wildman–Crippen MR) is 68.7 cm³/mol. The fraction of sp³-hybridized carbons (Fsp3) is 0.615. The molecule has 0 radical (unpaired) electrons. The summed E-state index contributed by atoms with van der Waals surface area (Å²) in [7, 11) is 0. The van der Waals surface area contributed by atoms with Gasteiger partial charge in [-0.2, -0.15) is 0 Å². The van der Waals surface area contributed by atoms with Gasteiger partial charge in [-0.1, -0.05) is 0 Å². The summed E-state index contributed by atoms with van der Waals surface area (Å²) in [6, 6.07) is 1.13. The van der Waals surface area contributed by atoms with Crippen molar-refractivity contribution in [3.8, 4) is 0 Å². The van der Waals surface area contributed by atoms with Crippen LogP contribution in [-0.2, 0) is 9.47 Å². The van der Waals surface area contributed by atoms with E-state index < -0.39 is 5.60 Å². The second-order valence-corrected chi connectivity index (χ2v) is 4.65. The Morgan fingerprint density at radius 2 is 2.26 bits per heavy atom. The maximum absolute atomic E-state index is 13.3. The minimum atomic E-state index is -0.475. The lowest BCUT2D eigenvalue weighted by Gasteiger charge is -2.42. The first-order valence-electron chi connectivity index (χ1n) is 6.50. The van der Waals surface area contributed by atoms with Gasteiger partial charge >= 0.3 is 0 Å². The molecule has 19 heavy (non-hydrogen) atoms. The van der Waals surface area contributed by atoms with E-state index in [2.05, 4.69) is 10.4 Å². The number of hydrogen-bond acceptors (Lipinski definition) is 5. The van der Waals surface area contributed by atoms with Crippen molar-refractivity contribution in [2.24, 2.45) is 5.84 Å². The summed E-state index contributed by atoms with van der Waals surface area (Å²) in [4.78, 5) is 3.88. The minimum Gasteiger partial charge on any atom is -0.381 e. The van der Waals surface area contributed by atoms with E-state index in [1.54, 1.807) is 6.20 Å². The number of hydrazine groups is 1. The Balaban J connectivity index is 2.31. The molecule has 1 fully saturated rings. The SMILES string of the molecule is CCOC1(C(NN)c2cncc(F)c2)CCOCC1. The molecule has 2 rings (SSSR count). The molecule has 0 spiro atoms. The molecule has 0 aromatic carbocycles. The lowest BCUT2D eigenvalue weighted by Crippen LogP contribution is -2.51. The number of nitrogens with zero attached hydrogens (tertiary/aromatic N) is 1. The molecule has 1 aromatic heterocycles. The zero-order valence-electron chi connectivity index (χ0n) is 11.1. The standard InChI is InChI=1S/C13H20FN3O2/c1-2-19-13(3-5-18-6-4-13)12(17-15)10-7-11(14)9-16-8-10/h7-9,12,17H,2-6,15H2,1H3. The first kappa shape index (κ1) is 14.3. The average molecular weight is 269 g/mol. The van der Waals surface area contributed by atoms with Gasteiger partial charge in [0.25, 0.3) is 0 Å². The van der Waals surface area contributed by atoms with Crippen LogP contribution >= 0.6 is 0 Å². The van der Waals surface area contributed by atoms with Crippen LogP contribution in [0.5, 0.6) is 0 Å². The third-order valence-corrected chi connectivity index (χ3v) is 3.52. The van der Waals surface area contributed by atoms with Crippen LogP contribution in [0.25, 0.3) is 0 Å². The summed E-state index contributed by atoms with van der Waals surface area (Å²) in [5, 5.41) is 0. The van der Waals surface area contributed by atoms with Crippen LogP contribution in [0, 0.1) is 5.82 Å². The Kier molecular flexibility index (Phi) is 4.81. The third kappa shape index (κ3) is 3.09. The summed E-state index contributed by atoms with van der Waals surface area (Å²) in [6.07, 6.45) is 4.22. The number of rotatable bonds is 5. The van der Waals surface area contributed by atoms with Gasteiger partial charge in [0.05, 0.1) is 17.8 Å². The van der Waals surface area contributed by atoms with Gasteiger partial charge in [-0.05, 0) is 18.6 Å². The predicted octanol–water partition coefficient (Wildman–Crippen LogP) is 1.31. The highest BCUT2D eigenvalue weighted by Crippen LogP contribution is 2.37. The van der Waals surface area contributed by atoms with Gasteiger partial charge in [0.2, 0.25) is 0 Å². The van der Waals surface area contributed by atoms with Crippen LogP contribution in [0.3, 0.4) is 0 Å². The van der Waals surface area contributed by atoms with Crippen LogP contribution in [0.1, 0.15) is 31.4 Å². The molecule has 1 unspecified atom stereocenters. The largest absolute Gasteiger partial charge is 0.381 e. The fourth-order valence-electron chi connectivity index (χ4n) is 2.66. The number of pyridine rings is 1.